The molecule has 0 saturated carbocycles. The van der Waals surface area contributed by atoms with Gasteiger partial charge in [0.15, 0.2) is 0 Å². The highest BCUT2D eigenvalue weighted by Gasteiger charge is 2.31. The van der Waals surface area contributed by atoms with Crippen molar-refractivity contribution >= 4 is 0 Å². The van der Waals surface area contributed by atoms with Crippen LogP contribution in [0.1, 0.15) is 17.9 Å². The normalized spacial score (nSPS) is 14.0. The molecule has 4 heteroatoms. The molecule has 78 valence electrons. The summed E-state index contributed by atoms with van der Waals surface area (Å²) < 4.78 is 36.4. The van der Waals surface area contributed by atoms with Crippen molar-refractivity contribution in [3.8, 4) is 0 Å². The molecule has 0 spiro atoms. The maximum Gasteiger partial charge on any atom is 0.389 e. The molecule has 0 aliphatic rings. The Labute approximate surface area is 80.7 Å². The van der Waals surface area contributed by atoms with Gasteiger partial charge < -0.3 is 5.73 Å². The number of hydrogen-bond donors (Lipinski definition) is 1. The van der Waals surface area contributed by atoms with E-state index in [4.69, 9.17) is 5.73 Å². The summed E-state index contributed by atoms with van der Waals surface area (Å²) in [6.45, 7) is 0.0174. The molecule has 0 saturated heterocycles. The minimum atomic E-state index is -4.15. The van der Waals surface area contributed by atoms with E-state index in [1.165, 1.54) is 0 Å². The van der Waals surface area contributed by atoms with E-state index in [0.717, 1.165) is 0 Å². The van der Waals surface area contributed by atoms with Gasteiger partial charge in [0.2, 0.25) is 0 Å². The van der Waals surface area contributed by atoms with Crippen LogP contribution in [0.5, 0.6) is 0 Å². The Morgan fingerprint density at radius 2 is 1.71 bits per heavy atom. The quantitative estimate of drug-likeness (QED) is 0.803. The van der Waals surface area contributed by atoms with Crippen molar-refractivity contribution in [3.05, 3.63) is 35.9 Å². The number of nitrogens with two attached hydrogens (primary N) is 1. The summed E-state index contributed by atoms with van der Waals surface area (Å²) in [4.78, 5) is 0. The lowest BCUT2D eigenvalue weighted by molar-refractivity contribution is -0.138. The second kappa shape index (κ2) is 4.46. The van der Waals surface area contributed by atoms with Gasteiger partial charge in [0.25, 0.3) is 0 Å². The van der Waals surface area contributed by atoms with Crippen LogP contribution in [-0.2, 0) is 0 Å². The molecule has 0 bridgehead atoms. The smallest absolute Gasteiger partial charge is 0.330 e. The summed E-state index contributed by atoms with van der Waals surface area (Å²) in [6, 6.07) is 8.54. The summed E-state index contributed by atoms with van der Waals surface area (Å²) in [5.41, 5.74) is 5.96. The maximum absolute atomic E-state index is 12.1. The van der Waals surface area contributed by atoms with Gasteiger partial charge in [-0.05, 0) is 12.1 Å². The SMILES string of the molecule is NCC(CC(F)(F)F)c1ccccc1. The zero-order valence-corrected chi connectivity index (χ0v) is 7.59. The van der Waals surface area contributed by atoms with Gasteiger partial charge in [-0.1, -0.05) is 30.3 Å². The predicted octanol–water partition coefficient (Wildman–Crippen LogP) is 2.68. The first-order valence-electron chi connectivity index (χ1n) is 4.34. The summed E-state index contributed by atoms with van der Waals surface area (Å²) in [5.74, 6) is -0.629. The number of benzene rings is 1. The van der Waals surface area contributed by atoms with Crippen LogP contribution in [0.2, 0.25) is 0 Å². The van der Waals surface area contributed by atoms with Crippen LogP contribution in [0.3, 0.4) is 0 Å². The van der Waals surface area contributed by atoms with Gasteiger partial charge in [0.05, 0.1) is 6.42 Å². The van der Waals surface area contributed by atoms with Gasteiger partial charge in [0.1, 0.15) is 0 Å². The highest BCUT2D eigenvalue weighted by atomic mass is 19.4. The topological polar surface area (TPSA) is 26.0 Å². The van der Waals surface area contributed by atoms with Gasteiger partial charge in [0, 0.05) is 5.92 Å². The van der Waals surface area contributed by atoms with Crippen LogP contribution in [0.4, 0.5) is 13.2 Å². The highest BCUT2D eigenvalue weighted by molar-refractivity contribution is 5.19. The summed E-state index contributed by atoms with van der Waals surface area (Å²) in [5, 5.41) is 0. The van der Waals surface area contributed by atoms with E-state index < -0.39 is 18.5 Å². The monoisotopic (exact) mass is 203 g/mol. The van der Waals surface area contributed by atoms with E-state index >= 15 is 0 Å². The van der Waals surface area contributed by atoms with Gasteiger partial charge in [-0.3, -0.25) is 0 Å². The first-order chi connectivity index (χ1) is 6.53. The fourth-order valence-electron chi connectivity index (χ4n) is 1.34. The first-order valence-corrected chi connectivity index (χ1v) is 4.34. The van der Waals surface area contributed by atoms with E-state index in [-0.39, 0.29) is 6.54 Å². The summed E-state index contributed by atoms with van der Waals surface area (Å²) >= 11 is 0. The number of hydrogen-bond acceptors (Lipinski definition) is 1. The van der Waals surface area contributed by atoms with Crippen molar-refractivity contribution in [2.45, 2.75) is 18.5 Å². The zero-order valence-electron chi connectivity index (χ0n) is 7.59. The molecule has 1 unspecified atom stereocenters. The molecular formula is C10H12F3N. The lowest BCUT2D eigenvalue weighted by Gasteiger charge is -2.16. The van der Waals surface area contributed by atoms with E-state index in [1.54, 1.807) is 30.3 Å². The summed E-state index contributed by atoms with van der Waals surface area (Å²) in [7, 11) is 0. The van der Waals surface area contributed by atoms with Crippen LogP contribution in [0, 0.1) is 0 Å². The predicted molar refractivity (Wildman–Crippen MR) is 48.9 cm³/mol. The Kier molecular flexibility index (Phi) is 3.52. The molecule has 0 amide bonds. The molecule has 0 aliphatic heterocycles. The Hall–Kier alpha value is -1.03. The third-order valence-electron chi connectivity index (χ3n) is 2.03. The third-order valence-corrected chi connectivity index (χ3v) is 2.03. The van der Waals surface area contributed by atoms with Crippen LogP contribution < -0.4 is 5.73 Å². The average molecular weight is 203 g/mol. The fourth-order valence-corrected chi connectivity index (χ4v) is 1.34. The van der Waals surface area contributed by atoms with Gasteiger partial charge in [-0.15, -0.1) is 0 Å². The van der Waals surface area contributed by atoms with Crippen molar-refractivity contribution in [1.29, 1.82) is 0 Å². The van der Waals surface area contributed by atoms with Gasteiger partial charge in [-0.25, -0.2) is 0 Å². The van der Waals surface area contributed by atoms with E-state index in [2.05, 4.69) is 0 Å². The fraction of sp³-hybridized carbons (Fsp3) is 0.400. The Balaban J connectivity index is 2.73. The molecule has 14 heavy (non-hydrogen) atoms. The first kappa shape index (κ1) is 11.0. The van der Waals surface area contributed by atoms with Gasteiger partial charge in [-0.2, -0.15) is 13.2 Å². The third kappa shape index (κ3) is 3.38. The van der Waals surface area contributed by atoms with Gasteiger partial charge >= 0.3 is 6.18 Å². The maximum atomic E-state index is 12.1. The molecule has 1 atom stereocenters. The minimum absolute atomic E-state index is 0.0174. The molecular weight excluding hydrogens is 191 g/mol. The molecule has 1 rings (SSSR count). The number of alkyl halides is 3. The average Bonchev–Trinajstić information content (AvgIpc) is 2.14. The minimum Gasteiger partial charge on any atom is -0.330 e. The van der Waals surface area contributed by atoms with Crippen LogP contribution in [-0.4, -0.2) is 12.7 Å². The Morgan fingerprint density at radius 1 is 1.14 bits per heavy atom. The van der Waals surface area contributed by atoms with E-state index in [9.17, 15) is 13.2 Å². The highest BCUT2D eigenvalue weighted by Crippen LogP contribution is 2.30. The van der Waals surface area contributed by atoms with Crippen molar-refractivity contribution in [1.82, 2.24) is 0 Å². The van der Waals surface area contributed by atoms with Crippen molar-refractivity contribution in [2.24, 2.45) is 5.73 Å². The van der Waals surface area contributed by atoms with Crippen LogP contribution in [0.25, 0.3) is 0 Å². The van der Waals surface area contributed by atoms with E-state index in [1.807, 2.05) is 0 Å². The standard InChI is InChI=1S/C10H12F3N/c11-10(12,13)6-9(7-14)8-4-2-1-3-5-8/h1-5,9H,6-7,14H2. The Morgan fingerprint density at radius 3 is 2.14 bits per heavy atom. The van der Waals surface area contributed by atoms with Crippen molar-refractivity contribution in [2.75, 3.05) is 6.54 Å². The molecule has 1 nitrogen and oxygen atoms in total. The zero-order chi connectivity index (χ0) is 10.6. The lowest BCUT2D eigenvalue weighted by Crippen LogP contribution is -2.20. The van der Waals surface area contributed by atoms with Crippen molar-refractivity contribution < 1.29 is 13.2 Å². The molecule has 0 aliphatic carbocycles. The molecule has 0 fully saturated rings. The molecule has 0 aromatic heterocycles. The lowest BCUT2D eigenvalue weighted by atomic mass is 9.96. The molecule has 1 aromatic carbocycles. The van der Waals surface area contributed by atoms with E-state index in [0.29, 0.717) is 5.56 Å². The second-order valence-corrected chi connectivity index (χ2v) is 3.16. The van der Waals surface area contributed by atoms with Crippen LogP contribution in [0.15, 0.2) is 30.3 Å². The van der Waals surface area contributed by atoms with Crippen molar-refractivity contribution in [3.63, 3.8) is 0 Å². The van der Waals surface area contributed by atoms with Crippen LogP contribution >= 0.6 is 0 Å². The molecule has 2 N–H and O–H groups in total. The Bertz CT molecular complexity index is 268. The number of rotatable bonds is 3. The second-order valence-electron chi connectivity index (χ2n) is 3.16. The molecule has 0 heterocycles. The molecule has 1 aromatic rings. The largest absolute Gasteiger partial charge is 0.389 e. The molecule has 0 radical (unpaired) electrons. The summed E-state index contributed by atoms with van der Waals surface area (Å²) in [6.07, 6.45) is -5.01. The number of halogens is 3.